The molecule has 4 nitrogen and oxygen atoms in total. The van der Waals surface area contributed by atoms with Gasteiger partial charge in [0.25, 0.3) is 0 Å². The van der Waals surface area contributed by atoms with Gasteiger partial charge in [-0.1, -0.05) is 48.5 Å². The summed E-state index contributed by atoms with van der Waals surface area (Å²) in [5.74, 6) is -0.0902. The number of hydrogen-bond donors (Lipinski definition) is 0. The van der Waals surface area contributed by atoms with Crippen molar-refractivity contribution in [3.8, 4) is 0 Å². The summed E-state index contributed by atoms with van der Waals surface area (Å²) in [6.45, 7) is 3.13. The minimum atomic E-state index is -0.274. The van der Waals surface area contributed by atoms with E-state index < -0.39 is 0 Å². The van der Waals surface area contributed by atoms with Gasteiger partial charge >= 0.3 is 0 Å². The third kappa shape index (κ3) is 2.54. The Morgan fingerprint density at radius 2 is 1.08 bits per heavy atom. The molecule has 0 saturated heterocycles. The first-order valence-corrected chi connectivity index (χ1v) is 8.70. The van der Waals surface area contributed by atoms with Gasteiger partial charge in [-0.05, 0) is 34.4 Å². The summed E-state index contributed by atoms with van der Waals surface area (Å²) >= 11 is 0. The fourth-order valence-electron chi connectivity index (χ4n) is 3.92. The molecule has 0 fully saturated rings. The van der Waals surface area contributed by atoms with Gasteiger partial charge in [-0.3, -0.25) is 9.59 Å². The van der Waals surface area contributed by atoms with Crippen molar-refractivity contribution in [1.82, 2.24) is 9.80 Å². The zero-order chi connectivity index (χ0) is 18.3. The van der Waals surface area contributed by atoms with Crippen LogP contribution in [-0.4, -0.2) is 21.6 Å². The van der Waals surface area contributed by atoms with Crippen molar-refractivity contribution in [3.63, 3.8) is 0 Å². The molecule has 0 unspecified atom stereocenters. The van der Waals surface area contributed by atoms with E-state index in [1.54, 1.807) is 23.6 Å². The maximum absolute atomic E-state index is 12.4. The van der Waals surface area contributed by atoms with E-state index in [0.717, 1.165) is 22.3 Å². The van der Waals surface area contributed by atoms with E-state index in [1.165, 1.54) is 0 Å². The highest BCUT2D eigenvalue weighted by Crippen LogP contribution is 2.45. The highest BCUT2D eigenvalue weighted by atomic mass is 16.2. The minimum Gasteiger partial charge on any atom is -0.309 e. The highest BCUT2D eigenvalue weighted by molar-refractivity contribution is 5.81. The Kier molecular flexibility index (Phi) is 3.96. The van der Waals surface area contributed by atoms with Gasteiger partial charge in [0.05, 0.1) is 12.1 Å². The average Bonchev–Trinajstić information content (AvgIpc) is 2.66. The topological polar surface area (TPSA) is 40.6 Å². The fourth-order valence-corrected chi connectivity index (χ4v) is 3.92. The van der Waals surface area contributed by atoms with Crippen LogP contribution in [0.15, 0.2) is 60.9 Å². The third-order valence-electron chi connectivity index (χ3n) is 5.08. The van der Waals surface area contributed by atoms with E-state index in [-0.39, 0.29) is 23.9 Å². The summed E-state index contributed by atoms with van der Waals surface area (Å²) in [6, 6.07) is 15.5. The van der Waals surface area contributed by atoms with Crippen molar-refractivity contribution in [3.05, 3.63) is 83.2 Å². The Balaban J connectivity index is 1.94. The number of amides is 2. The van der Waals surface area contributed by atoms with Crippen LogP contribution in [0.5, 0.6) is 0 Å². The standard InChI is InChI=1S/C22H20N2O2/c1-15(25)23-13-11-17-7-3-5-9-19(17)21(23)22-20-10-6-4-8-18(20)12-14-24(22)16(2)26/h3-14,21-22H,1-2H3/t21-,22-/m1/s1. The molecule has 0 N–H and O–H groups in total. The molecule has 0 bridgehead atoms. The van der Waals surface area contributed by atoms with E-state index in [2.05, 4.69) is 0 Å². The molecule has 0 aliphatic carbocycles. The highest BCUT2D eigenvalue weighted by Gasteiger charge is 2.39. The molecule has 2 amide bonds. The number of hydrogen-bond acceptors (Lipinski definition) is 2. The van der Waals surface area contributed by atoms with E-state index in [1.807, 2.05) is 73.1 Å². The Bertz CT molecular complexity index is 867. The molecule has 2 aliphatic rings. The van der Waals surface area contributed by atoms with Crippen LogP contribution in [0, 0.1) is 0 Å². The number of benzene rings is 2. The molecule has 2 aromatic rings. The number of fused-ring (bicyclic) bond motifs is 2. The molecule has 0 spiro atoms. The third-order valence-corrected chi connectivity index (χ3v) is 5.08. The van der Waals surface area contributed by atoms with Crippen LogP contribution >= 0.6 is 0 Å². The first kappa shape index (κ1) is 16.3. The summed E-state index contributed by atoms with van der Waals surface area (Å²) in [5.41, 5.74) is 4.24. The van der Waals surface area contributed by atoms with Crippen LogP contribution in [0.1, 0.15) is 48.2 Å². The lowest BCUT2D eigenvalue weighted by atomic mass is 9.83. The smallest absolute Gasteiger partial charge is 0.224 e. The van der Waals surface area contributed by atoms with Crippen molar-refractivity contribution in [2.45, 2.75) is 25.9 Å². The van der Waals surface area contributed by atoms with Gasteiger partial charge in [0.1, 0.15) is 0 Å². The number of carbonyl (C=O) groups excluding carboxylic acids is 2. The maximum Gasteiger partial charge on any atom is 0.224 e. The minimum absolute atomic E-state index is 0.0451. The van der Waals surface area contributed by atoms with Gasteiger partial charge in [0, 0.05) is 26.2 Å². The van der Waals surface area contributed by atoms with Crippen LogP contribution < -0.4 is 0 Å². The lowest BCUT2D eigenvalue weighted by molar-refractivity contribution is -0.134. The van der Waals surface area contributed by atoms with Gasteiger partial charge in [-0.15, -0.1) is 0 Å². The van der Waals surface area contributed by atoms with Crippen LogP contribution in [0.2, 0.25) is 0 Å². The zero-order valence-electron chi connectivity index (χ0n) is 14.8. The summed E-state index contributed by atoms with van der Waals surface area (Å²) in [4.78, 5) is 28.3. The average molecular weight is 344 g/mol. The summed E-state index contributed by atoms with van der Waals surface area (Å²) in [6.07, 6.45) is 7.56. The molecule has 0 radical (unpaired) electrons. The molecule has 2 aliphatic heterocycles. The summed E-state index contributed by atoms with van der Waals surface area (Å²) < 4.78 is 0. The largest absolute Gasteiger partial charge is 0.309 e. The van der Waals surface area contributed by atoms with Crippen molar-refractivity contribution in [2.75, 3.05) is 0 Å². The van der Waals surface area contributed by atoms with Gasteiger partial charge in [-0.25, -0.2) is 0 Å². The molecule has 0 aromatic heterocycles. The molecule has 4 heteroatoms. The van der Waals surface area contributed by atoms with Crippen molar-refractivity contribution < 1.29 is 9.59 Å². The molecule has 130 valence electrons. The van der Waals surface area contributed by atoms with E-state index in [4.69, 9.17) is 0 Å². The van der Waals surface area contributed by atoms with Gasteiger partial charge < -0.3 is 9.80 Å². The molecule has 2 aromatic carbocycles. The van der Waals surface area contributed by atoms with E-state index in [0.29, 0.717) is 0 Å². The summed E-state index contributed by atoms with van der Waals surface area (Å²) in [7, 11) is 0. The second kappa shape index (κ2) is 6.30. The lowest BCUT2D eigenvalue weighted by Crippen LogP contribution is -2.42. The number of rotatable bonds is 1. The molecular weight excluding hydrogens is 324 g/mol. The van der Waals surface area contributed by atoms with Crippen molar-refractivity contribution >= 4 is 24.0 Å². The Labute approximate surface area is 153 Å². The van der Waals surface area contributed by atoms with Crippen LogP contribution in [0.3, 0.4) is 0 Å². The van der Waals surface area contributed by atoms with Gasteiger partial charge in [0.15, 0.2) is 0 Å². The van der Waals surface area contributed by atoms with E-state index in [9.17, 15) is 9.59 Å². The quantitative estimate of drug-likeness (QED) is 0.780. The van der Waals surface area contributed by atoms with E-state index >= 15 is 0 Å². The molecule has 26 heavy (non-hydrogen) atoms. The Hall–Kier alpha value is -3.14. The first-order chi connectivity index (χ1) is 12.6. The van der Waals surface area contributed by atoms with Crippen LogP contribution in [-0.2, 0) is 9.59 Å². The predicted molar refractivity (Wildman–Crippen MR) is 101 cm³/mol. The predicted octanol–water partition coefficient (Wildman–Crippen LogP) is 4.13. The second-order valence-corrected chi connectivity index (χ2v) is 6.63. The Morgan fingerprint density at radius 3 is 1.46 bits per heavy atom. The zero-order valence-corrected chi connectivity index (χ0v) is 14.8. The van der Waals surface area contributed by atoms with Crippen molar-refractivity contribution in [2.24, 2.45) is 0 Å². The van der Waals surface area contributed by atoms with Crippen LogP contribution in [0.25, 0.3) is 12.2 Å². The lowest BCUT2D eigenvalue weighted by Gasteiger charge is -2.43. The normalized spacial score (nSPS) is 20.5. The van der Waals surface area contributed by atoms with Gasteiger partial charge in [-0.2, -0.15) is 0 Å². The number of carbonyl (C=O) groups is 2. The monoisotopic (exact) mass is 344 g/mol. The fraction of sp³-hybridized carbons (Fsp3) is 0.182. The number of nitrogens with zero attached hydrogens (tertiary/aromatic N) is 2. The molecular formula is C22H20N2O2. The summed E-state index contributed by atoms with van der Waals surface area (Å²) in [5, 5.41) is 0. The molecule has 0 saturated carbocycles. The SMILES string of the molecule is CC(=O)N1C=Cc2ccccc2[C@@H]1[C@H]1c2ccccc2C=CN1C(C)=O. The van der Waals surface area contributed by atoms with Crippen molar-refractivity contribution in [1.29, 1.82) is 0 Å². The molecule has 2 heterocycles. The Morgan fingerprint density at radius 1 is 0.692 bits per heavy atom. The maximum atomic E-state index is 12.4. The molecule has 4 rings (SSSR count). The molecule has 2 atom stereocenters. The van der Waals surface area contributed by atoms with Gasteiger partial charge in [0.2, 0.25) is 11.8 Å². The first-order valence-electron chi connectivity index (χ1n) is 8.70. The van der Waals surface area contributed by atoms with Crippen LogP contribution in [0.4, 0.5) is 0 Å². The second-order valence-electron chi connectivity index (χ2n) is 6.63.